The van der Waals surface area contributed by atoms with Crippen molar-refractivity contribution < 1.29 is 27.9 Å². The van der Waals surface area contributed by atoms with E-state index in [0.29, 0.717) is 0 Å². The molecule has 0 aromatic heterocycles. The predicted octanol–water partition coefficient (Wildman–Crippen LogP) is 1.23. The van der Waals surface area contributed by atoms with E-state index in [-0.39, 0.29) is 6.42 Å². The molecule has 0 saturated heterocycles. The second-order valence-electron chi connectivity index (χ2n) is 2.16. The Morgan fingerprint density at radius 2 is 1.83 bits per heavy atom. The predicted molar refractivity (Wildman–Crippen MR) is 32.5 cm³/mol. The highest BCUT2D eigenvalue weighted by Crippen LogP contribution is 2.22. The highest BCUT2D eigenvalue weighted by molar-refractivity contribution is 6.01. The Bertz CT molecular complexity index is 197. The highest BCUT2D eigenvalue weighted by atomic mass is 19.4. The fraction of sp³-hybridized carbons (Fsp3) is 0.667. The monoisotopic (exact) mass is 184 g/mol. The molecule has 0 aromatic carbocycles. The van der Waals surface area contributed by atoms with Crippen molar-refractivity contribution in [3.8, 4) is 0 Å². The largest absolute Gasteiger partial charge is 0.481 e. The van der Waals surface area contributed by atoms with Gasteiger partial charge in [0.25, 0.3) is 0 Å². The first-order valence-corrected chi connectivity index (χ1v) is 3.14. The summed E-state index contributed by atoms with van der Waals surface area (Å²) in [4.78, 5) is 20.4. The molecule has 1 atom stereocenters. The molecule has 6 heteroatoms. The van der Waals surface area contributed by atoms with Crippen molar-refractivity contribution in [2.75, 3.05) is 0 Å². The second-order valence-corrected chi connectivity index (χ2v) is 2.16. The van der Waals surface area contributed by atoms with Crippen LogP contribution in [0.15, 0.2) is 0 Å². The van der Waals surface area contributed by atoms with Crippen LogP contribution in [-0.2, 0) is 9.59 Å². The Morgan fingerprint density at radius 1 is 1.42 bits per heavy atom. The summed E-state index contributed by atoms with van der Waals surface area (Å²) in [6.45, 7) is 1.21. The van der Waals surface area contributed by atoms with Crippen LogP contribution < -0.4 is 0 Å². The van der Waals surface area contributed by atoms with E-state index in [0.717, 1.165) is 0 Å². The molecule has 0 heterocycles. The number of aliphatic carboxylic acids is 1. The van der Waals surface area contributed by atoms with Crippen molar-refractivity contribution in [3.63, 3.8) is 0 Å². The van der Waals surface area contributed by atoms with Gasteiger partial charge in [-0.25, -0.2) is 0 Å². The number of carboxylic acids is 1. The summed E-state index contributed by atoms with van der Waals surface area (Å²) in [6.07, 6.45) is -5.41. The number of carbonyl (C=O) groups is 2. The molecular formula is C6H7F3O3. The maximum Gasteiger partial charge on any atom is 0.450 e. The molecule has 0 spiro atoms. The number of ketones is 1. The molecule has 0 amide bonds. The van der Waals surface area contributed by atoms with Crippen LogP contribution in [0.25, 0.3) is 0 Å². The molecule has 0 aliphatic rings. The lowest BCUT2D eigenvalue weighted by Gasteiger charge is -2.10. The van der Waals surface area contributed by atoms with Crippen LogP contribution in [0, 0.1) is 5.92 Å². The third kappa shape index (κ3) is 2.52. The number of hydrogen-bond donors (Lipinski definition) is 1. The van der Waals surface area contributed by atoms with E-state index >= 15 is 0 Å². The zero-order chi connectivity index (χ0) is 9.94. The number of carbonyl (C=O) groups excluding carboxylic acids is 1. The van der Waals surface area contributed by atoms with Gasteiger partial charge in [-0.3, -0.25) is 9.59 Å². The third-order valence-electron chi connectivity index (χ3n) is 1.30. The molecule has 1 N–H and O–H groups in total. The summed E-state index contributed by atoms with van der Waals surface area (Å²) >= 11 is 0. The Balaban J connectivity index is 4.55. The van der Waals surface area contributed by atoms with Gasteiger partial charge >= 0.3 is 12.1 Å². The molecule has 1 unspecified atom stereocenters. The van der Waals surface area contributed by atoms with Crippen molar-refractivity contribution >= 4 is 11.8 Å². The maximum atomic E-state index is 11.6. The minimum atomic E-state index is -5.06. The van der Waals surface area contributed by atoms with Crippen molar-refractivity contribution in [1.82, 2.24) is 0 Å². The Hall–Kier alpha value is -1.07. The fourth-order valence-corrected chi connectivity index (χ4v) is 0.670. The first kappa shape index (κ1) is 10.9. The summed E-state index contributed by atoms with van der Waals surface area (Å²) < 4.78 is 34.9. The molecular weight excluding hydrogens is 177 g/mol. The van der Waals surface area contributed by atoms with Gasteiger partial charge in [0.05, 0.1) is 0 Å². The average molecular weight is 184 g/mol. The Morgan fingerprint density at radius 3 is 1.92 bits per heavy atom. The topological polar surface area (TPSA) is 54.4 Å². The molecule has 0 fully saturated rings. The molecule has 12 heavy (non-hydrogen) atoms. The lowest BCUT2D eigenvalue weighted by molar-refractivity contribution is -0.179. The molecule has 0 rings (SSSR count). The smallest absolute Gasteiger partial charge is 0.450 e. The highest BCUT2D eigenvalue weighted by Gasteiger charge is 2.45. The van der Waals surface area contributed by atoms with Gasteiger partial charge in [-0.1, -0.05) is 6.92 Å². The van der Waals surface area contributed by atoms with Crippen molar-refractivity contribution in [2.45, 2.75) is 19.5 Å². The summed E-state index contributed by atoms with van der Waals surface area (Å²) in [7, 11) is 0. The number of hydrogen-bond acceptors (Lipinski definition) is 2. The van der Waals surface area contributed by atoms with Crippen LogP contribution in [0.4, 0.5) is 13.2 Å². The van der Waals surface area contributed by atoms with Crippen molar-refractivity contribution in [1.29, 1.82) is 0 Å². The number of halogens is 3. The van der Waals surface area contributed by atoms with Gasteiger partial charge in [-0.05, 0) is 6.42 Å². The van der Waals surface area contributed by atoms with E-state index < -0.39 is 23.8 Å². The SMILES string of the molecule is CCC(C(=O)O)C(=O)C(F)(F)F. The van der Waals surface area contributed by atoms with Gasteiger partial charge < -0.3 is 5.11 Å². The Kier molecular flexibility index (Phi) is 3.24. The minimum Gasteiger partial charge on any atom is -0.481 e. The van der Waals surface area contributed by atoms with E-state index in [1.807, 2.05) is 0 Å². The van der Waals surface area contributed by atoms with Gasteiger partial charge in [0, 0.05) is 0 Å². The first-order chi connectivity index (χ1) is 5.30. The van der Waals surface area contributed by atoms with E-state index in [4.69, 9.17) is 5.11 Å². The van der Waals surface area contributed by atoms with Crippen molar-refractivity contribution in [2.24, 2.45) is 5.92 Å². The fourth-order valence-electron chi connectivity index (χ4n) is 0.670. The van der Waals surface area contributed by atoms with E-state index in [2.05, 4.69) is 0 Å². The van der Waals surface area contributed by atoms with Crippen LogP contribution in [0.2, 0.25) is 0 Å². The molecule has 3 nitrogen and oxygen atoms in total. The first-order valence-electron chi connectivity index (χ1n) is 3.14. The zero-order valence-electron chi connectivity index (χ0n) is 6.18. The number of rotatable bonds is 3. The van der Waals surface area contributed by atoms with Crippen LogP contribution in [0.3, 0.4) is 0 Å². The quantitative estimate of drug-likeness (QED) is 0.671. The van der Waals surface area contributed by atoms with Crippen LogP contribution in [-0.4, -0.2) is 23.0 Å². The summed E-state index contributed by atoms with van der Waals surface area (Å²) in [5, 5.41) is 8.19. The van der Waals surface area contributed by atoms with E-state index in [1.54, 1.807) is 0 Å². The zero-order valence-corrected chi connectivity index (χ0v) is 6.18. The van der Waals surface area contributed by atoms with Gasteiger partial charge in [0.15, 0.2) is 0 Å². The summed E-state index contributed by atoms with van der Waals surface area (Å²) in [5.41, 5.74) is 0. The lowest BCUT2D eigenvalue weighted by atomic mass is 10.0. The molecule has 0 aliphatic carbocycles. The molecule has 0 saturated carbocycles. The maximum absolute atomic E-state index is 11.6. The normalized spacial score (nSPS) is 14.0. The molecule has 0 bridgehead atoms. The van der Waals surface area contributed by atoms with Crippen LogP contribution in [0.5, 0.6) is 0 Å². The Labute approximate surface area is 66.2 Å². The van der Waals surface area contributed by atoms with Crippen LogP contribution >= 0.6 is 0 Å². The molecule has 70 valence electrons. The standard InChI is InChI=1S/C6H7F3O3/c1-2-3(5(11)12)4(10)6(7,8)9/h3H,2H2,1H3,(H,11,12). The van der Waals surface area contributed by atoms with E-state index in [9.17, 15) is 22.8 Å². The molecule has 0 aromatic rings. The molecule has 0 aliphatic heterocycles. The van der Waals surface area contributed by atoms with Crippen molar-refractivity contribution in [3.05, 3.63) is 0 Å². The second kappa shape index (κ2) is 3.55. The van der Waals surface area contributed by atoms with Gasteiger partial charge in [-0.2, -0.15) is 13.2 Å². The molecule has 0 radical (unpaired) electrons. The third-order valence-corrected chi connectivity index (χ3v) is 1.30. The summed E-state index contributed by atoms with van der Waals surface area (Å²) in [6, 6.07) is 0. The van der Waals surface area contributed by atoms with Crippen LogP contribution in [0.1, 0.15) is 13.3 Å². The lowest BCUT2D eigenvalue weighted by Crippen LogP contribution is -2.34. The minimum absolute atomic E-state index is 0.353. The van der Waals surface area contributed by atoms with Gasteiger partial charge in [0.2, 0.25) is 5.78 Å². The van der Waals surface area contributed by atoms with Gasteiger partial charge in [0.1, 0.15) is 5.92 Å². The van der Waals surface area contributed by atoms with Gasteiger partial charge in [-0.15, -0.1) is 0 Å². The summed E-state index contributed by atoms with van der Waals surface area (Å²) in [5.74, 6) is -5.90. The average Bonchev–Trinajstić information content (AvgIpc) is 1.86. The number of Topliss-reactive ketones (excluding diaryl/α,β-unsaturated/α-hetero) is 1. The van der Waals surface area contributed by atoms with E-state index in [1.165, 1.54) is 6.92 Å². The number of carboxylic acid groups (broad SMARTS) is 1. The number of alkyl halides is 3.